The highest BCUT2D eigenvalue weighted by Gasteiger charge is 2.18. The molecule has 128 valence electrons. The van der Waals surface area contributed by atoms with E-state index < -0.39 is 5.97 Å². The minimum atomic E-state index is -1.16. The van der Waals surface area contributed by atoms with Crippen LogP contribution in [0.4, 0.5) is 5.69 Å². The smallest absolute Gasteiger partial charge is 0.339 e. The van der Waals surface area contributed by atoms with Gasteiger partial charge in [0.2, 0.25) is 0 Å². The number of phenols is 1. The standard InChI is InChI=1S/C19H19N3O3/c1-13-5-7-14(8-6-13)10-22(11-15-9-20-12-21-15)17-4-2-3-16(18(17)23)19(24)25/h2-9,12,23H,10-11H2,1H3,(H,20,21)(H,24,25). The van der Waals surface area contributed by atoms with E-state index in [2.05, 4.69) is 9.97 Å². The van der Waals surface area contributed by atoms with Gasteiger partial charge in [0, 0.05) is 12.7 Å². The summed E-state index contributed by atoms with van der Waals surface area (Å²) >= 11 is 0. The Labute approximate surface area is 145 Å². The number of carbonyl (C=O) groups is 1. The van der Waals surface area contributed by atoms with Crippen LogP contribution in [-0.2, 0) is 13.1 Å². The van der Waals surface area contributed by atoms with Gasteiger partial charge in [0.1, 0.15) is 5.56 Å². The van der Waals surface area contributed by atoms with Gasteiger partial charge in [-0.1, -0.05) is 35.9 Å². The second kappa shape index (κ2) is 7.09. The first-order chi connectivity index (χ1) is 12.0. The number of aromatic amines is 1. The minimum Gasteiger partial charge on any atom is -0.505 e. The van der Waals surface area contributed by atoms with Gasteiger partial charge in [-0.05, 0) is 24.6 Å². The fraction of sp³-hybridized carbons (Fsp3) is 0.158. The van der Waals surface area contributed by atoms with Gasteiger partial charge in [-0.3, -0.25) is 0 Å². The van der Waals surface area contributed by atoms with Gasteiger partial charge in [-0.25, -0.2) is 9.78 Å². The van der Waals surface area contributed by atoms with Crippen LogP contribution in [0.15, 0.2) is 55.0 Å². The Morgan fingerprint density at radius 3 is 2.56 bits per heavy atom. The van der Waals surface area contributed by atoms with Crippen molar-refractivity contribution in [3.63, 3.8) is 0 Å². The first-order valence-electron chi connectivity index (χ1n) is 7.87. The van der Waals surface area contributed by atoms with Gasteiger partial charge in [0.15, 0.2) is 5.75 Å². The van der Waals surface area contributed by atoms with Crippen LogP contribution in [0, 0.1) is 6.92 Å². The molecule has 0 aliphatic rings. The summed E-state index contributed by atoms with van der Waals surface area (Å²) in [4.78, 5) is 20.3. The summed E-state index contributed by atoms with van der Waals surface area (Å²) in [5.74, 6) is -1.39. The van der Waals surface area contributed by atoms with Crippen LogP contribution in [0.25, 0.3) is 0 Å². The minimum absolute atomic E-state index is 0.115. The first-order valence-corrected chi connectivity index (χ1v) is 7.87. The molecule has 0 bridgehead atoms. The lowest BCUT2D eigenvalue weighted by atomic mass is 10.1. The number of nitrogens with zero attached hydrogens (tertiary/aromatic N) is 2. The summed E-state index contributed by atoms with van der Waals surface area (Å²) in [6.07, 6.45) is 3.30. The predicted octanol–water partition coefficient (Wildman–Crippen LogP) is 3.33. The second-order valence-corrected chi connectivity index (χ2v) is 5.90. The number of hydrogen-bond donors (Lipinski definition) is 3. The number of H-pyrrole nitrogens is 1. The Morgan fingerprint density at radius 2 is 1.92 bits per heavy atom. The molecule has 25 heavy (non-hydrogen) atoms. The topological polar surface area (TPSA) is 89.5 Å². The van der Waals surface area contributed by atoms with E-state index in [1.807, 2.05) is 36.1 Å². The van der Waals surface area contributed by atoms with Crippen LogP contribution in [0.2, 0.25) is 0 Å². The van der Waals surface area contributed by atoms with E-state index in [0.717, 1.165) is 11.3 Å². The number of aromatic hydroxyl groups is 1. The maximum atomic E-state index is 11.3. The van der Waals surface area contributed by atoms with Crippen LogP contribution in [0.1, 0.15) is 27.2 Å². The summed E-state index contributed by atoms with van der Waals surface area (Å²) in [7, 11) is 0. The molecule has 0 atom stereocenters. The highest BCUT2D eigenvalue weighted by atomic mass is 16.4. The molecule has 0 spiro atoms. The fourth-order valence-corrected chi connectivity index (χ4v) is 2.68. The van der Waals surface area contributed by atoms with E-state index in [1.54, 1.807) is 24.7 Å². The molecule has 0 aliphatic heterocycles. The van der Waals surface area contributed by atoms with Gasteiger partial charge in [0.05, 0.1) is 24.3 Å². The molecule has 0 fully saturated rings. The second-order valence-electron chi connectivity index (χ2n) is 5.90. The molecule has 0 radical (unpaired) electrons. The van der Waals surface area contributed by atoms with Crippen LogP contribution in [0.5, 0.6) is 5.75 Å². The largest absolute Gasteiger partial charge is 0.505 e. The van der Waals surface area contributed by atoms with Crippen molar-refractivity contribution in [2.45, 2.75) is 20.0 Å². The highest BCUT2D eigenvalue weighted by Crippen LogP contribution is 2.33. The molecular weight excluding hydrogens is 318 g/mol. The fourth-order valence-electron chi connectivity index (χ4n) is 2.68. The number of aromatic carboxylic acids is 1. The van der Waals surface area contributed by atoms with E-state index in [4.69, 9.17) is 0 Å². The molecule has 0 saturated heterocycles. The third kappa shape index (κ3) is 3.80. The van der Waals surface area contributed by atoms with Crippen molar-refractivity contribution in [3.05, 3.63) is 77.4 Å². The SMILES string of the molecule is Cc1ccc(CN(Cc2cnc[nH]2)c2cccc(C(=O)O)c2O)cc1. The van der Waals surface area contributed by atoms with Crippen molar-refractivity contribution in [1.82, 2.24) is 9.97 Å². The maximum Gasteiger partial charge on any atom is 0.339 e. The highest BCUT2D eigenvalue weighted by molar-refractivity contribution is 5.93. The van der Waals surface area contributed by atoms with Crippen molar-refractivity contribution in [2.75, 3.05) is 4.90 Å². The number of rotatable bonds is 6. The van der Waals surface area contributed by atoms with E-state index in [9.17, 15) is 15.0 Å². The average Bonchev–Trinajstić information content (AvgIpc) is 3.09. The molecule has 0 unspecified atom stereocenters. The lowest BCUT2D eigenvalue weighted by Crippen LogP contribution is -2.23. The molecule has 0 aliphatic carbocycles. The molecule has 3 aromatic rings. The molecule has 1 aromatic heterocycles. The number of nitrogens with one attached hydrogen (secondary N) is 1. The Balaban J connectivity index is 1.97. The number of aryl methyl sites for hydroxylation is 1. The zero-order chi connectivity index (χ0) is 17.8. The number of anilines is 1. The summed E-state index contributed by atoms with van der Waals surface area (Å²) in [5.41, 5.74) is 3.45. The number of aromatic nitrogens is 2. The van der Waals surface area contributed by atoms with Crippen LogP contribution in [0.3, 0.4) is 0 Å². The van der Waals surface area contributed by atoms with Gasteiger partial charge < -0.3 is 20.1 Å². The lowest BCUT2D eigenvalue weighted by Gasteiger charge is -2.26. The van der Waals surface area contributed by atoms with Crippen LogP contribution < -0.4 is 4.90 Å². The normalized spacial score (nSPS) is 10.6. The van der Waals surface area contributed by atoms with Crippen molar-refractivity contribution in [3.8, 4) is 5.75 Å². The Hall–Kier alpha value is -3.28. The van der Waals surface area contributed by atoms with E-state index >= 15 is 0 Å². The van der Waals surface area contributed by atoms with Crippen molar-refractivity contribution in [2.24, 2.45) is 0 Å². The molecule has 6 heteroatoms. The molecule has 3 rings (SSSR count). The van der Waals surface area contributed by atoms with Crippen molar-refractivity contribution >= 4 is 11.7 Å². The van der Waals surface area contributed by atoms with Gasteiger partial charge in [-0.2, -0.15) is 0 Å². The molecule has 0 amide bonds. The third-order valence-corrected chi connectivity index (χ3v) is 4.00. The van der Waals surface area contributed by atoms with Gasteiger partial charge >= 0.3 is 5.97 Å². The number of carboxylic acid groups (broad SMARTS) is 1. The first kappa shape index (κ1) is 16.6. The van der Waals surface area contributed by atoms with Crippen LogP contribution >= 0.6 is 0 Å². The molecular formula is C19H19N3O3. The third-order valence-electron chi connectivity index (χ3n) is 4.00. The maximum absolute atomic E-state index is 11.3. The van der Waals surface area contributed by atoms with Gasteiger partial charge in [0.25, 0.3) is 0 Å². The molecule has 6 nitrogen and oxygen atoms in total. The Bertz CT molecular complexity index is 858. The summed E-state index contributed by atoms with van der Waals surface area (Å²) < 4.78 is 0. The number of hydrogen-bond acceptors (Lipinski definition) is 4. The molecule has 0 saturated carbocycles. The van der Waals surface area contributed by atoms with E-state index in [0.29, 0.717) is 18.8 Å². The number of carboxylic acids is 1. The number of imidazole rings is 1. The van der Waals surface area contributed by atoms with Gasteiger partial charge in [-0.15, -0.1) is 0 Å². The summed E-state index contributed by atoms with van der Waals surface area (Å²) in [6, 6.07) is 12.8. The van der Waals surface area contributed by atoms with Crippen molar-refractivity contribution < 1.29 is 15.0 Å². The quantitative estimate of drug-likeness (QED) is 0.642. The number of para-hydroxylation sites is 1. The van der Waals surface area contributed by atoms with Crippen molar-refractivity contribution in [1.29, 1.82) is 0 Å². The summed E-state index contributed by atoms with van der Waals surface area (Å²) in [5, 5.41) is 19.7. The lowest BCUT2D eigenvalue weighted by molar-refractivity contribution is 0.0694. The molecule has 2 aromatic carbocycles. The average molecular weight is 337 g/mol. The molecule has 1 heterocycles. The number of benzene rings is 2. The van der Waals surface area contributed by atoms with Crippen LogP contribution in [-0.4, -0.2) is 26.2 Å². The predicted molar refractivity (Wildman–Crippen MR) is 94.7 cm³/mol. The van der Waals surface area contributed by atoms with E-state index in [-0.39, 0.29) is 11.3 Å². The zero-order valence-electron chi connectivity index (χ0n) is 13.8. The van der Waals surface area contributed by atoms with E-state index in [1.165, 1.54) is 11.6 Å². The Kier molecular flexibility index (Phi) is 4.70. The summed E-state index contributed by atoms with van der Waals surface area (Å²) in [6.45, 7) is 3.01. The molecule has 3 N–H and O–H groups in total. The Morgan fingerprint density at radius 1 is 1.16 bits per heavy atom. The zero-order valence-corrected chi connectivity index (χ0v) is 13.8. The monoisotopic (exact) mass is 337 g/mol.